The summed E-state index contributed by atoms with van der Waals surface area (Å²) in [7, 11) is 0. The number of hydrogen-bond donors (Lipinski definition) is 0. The van der Waals surface area contributed by atoms with E-state index in [-0.39, 0.29) is 11.7 Å². The number of fused-ring (bicyclic) bond motifs is 1. The number of amides is 1. The number of carbonyl (C=O) groups excluding carboxylic acids is 1. The molecule has 126 valence electrons. The Hall–Kier alpha value is -3.02. The number of aromatic nitrogens is 3. The summed E-state index contributed by atoms with van der Waals surface area (Å²) in [6.45, 7) is 5.12. The lowest BCUT2D eigenvalue weighted by molar-refractivity contribution is 0.0787. The number of carbonyl (C=O) groups is 1. The fraction of sp³-hybridized carbons (Fsp3) is 0.211. The van der Waals surface area contributed by atoms with Crippen molar-refractivity contribution in [1.82, 2.24) is 19.9 Å². The zero-order chi connectivity index (χ0) is 17.6. The van der Waals surface area contributed by atoms with Crippen molar-refractivity contribution in [3.8, 4) is 16.9 Å². The van der Waals surface area contributed by atoms with Gasteiger partial charge in [-0.25, -0.2) is 9.07 Å². The van der Waals surface area contributed by atoms with E-state index in [0.717, 1.165) is 22.4 Å². The summed E-state index contributed by atoms with van der Waals surface area (Å²) in [4.78, 5) is 14.0. The number of rotatable bonds is 3. The van der Waals surface area contributed by atoms with E-state index in [1.165, 1.54) is 10.7 Å². The molecule has 0 saturated carbocycles. The van der Waals surface area contributed by atoms with Crippen LogP contribution in [0.4, 0.5) is 4.39 Å². The van der Waals surface area contributed by atoms with Crippen LogP contribution in [-0.4, -0.2) is 32.3 Å². The fourth-order valence-electron chi connectivity index (χ4n) is 3.23. The van der Waals surface area contributed by atoms with Gasteiger partial charge < -0.3 is 4.90 Å². The van der Waals surface area contributed by atoms with Gasteiger partial charge in [0.05, 0.1) is 5.69 Å². The minimum absolute atomic E-state index is 0.0655. The van der Waals surface area contributed by atoms with E-state index in [0.29, 0.717) is 24.5 Å². The zero-order valence-corrected chi connectivity index (χ0v) is 14.0. The van der Waals surface area contributed by atoms with Crippen molar-refractivity contribution in [1.29, 1.82) is 0 Å². The number of para-hydroxylation sites is 1. The lowest BCUT2D eigenvalue weighted by Gasteiger charge is -2.10. The summed E-state index contributed by atoms with van der Waals surface area (Å²) in [5.41, 5.74) is 4.42. The number of nitrogens with zero attached hydrogens (tertiary/aromatic N) is 4. The zero-order valence-electron chi connectivity index (χ0n) is 14.0. The normalized spacial score (nSPS) is 13.4. The second-order valence-electron chi connectivity index (χ2n) is 6.08. The second-order valence-corrected chi connectivity index (χ2v) is 6.08. The molecule has 4 rings (SSSR count). The van der Waals surface area contributed by atoms with Crippen LogP contribution in [0.15, 0.2) is 42.5 Å². The Labute approximate surface area is 144 Å². The average Bonchev–Trinajstić information content (AvgIpc) is 3.15. The van der Waals surface area contributed by atoms with Gasteiger partial charge in [-0.05, 0) is 43.7 Å². The standard InChI is InChI=1S/C19H17FN4O/c1-3-23-11-14-10-13(8-9-15(14)19(23)25)18-12(2)24(22-21-18)17-7-5-4-6-16(17)20/h4-10H,3,11H2,1-2H3. The van der Waals surface area contributed by atoms with Crippen LogP contribution in [0.5, 0.6) is 0 Å². The lowest BCUT2D eigenvalue weighted by Crippen LogP contribution is -2.22. The molecule has 3 aromatic rings. The third kappa shape index (κ3) is 2.41. The van der Waals surface area contributed by atoms with Crippen LogP contribution in [0.3, 0.4) is 0 Å². The first kappa shape index (κ1) is 15.5. The van der Waals surface area contributed by atoms with Crippen LogP contribution in [-0.2, 0) is 6.54 Å². The summed E-state index contributed by atoms with van der Waals surface area (Å²) in [6, 6.07) is 12.2. The first-order valence-corrected chi connectivity index (χ1v) is 8.20. The predicted octanol–water partition coefficient (Wildman–Crippen LogP) is 3.36. The Kier molecular flexibility index (Phi) is 3.60. The summed E-state index contributed by atoms with van der Waals surface area (Å²) >= 11 is 0. The van der Waals surface area contributed by atoms with Crippen LogP contribution < -0.4 is 0 Å². The number of halogens is 1. The average molecular weight is 336 g/mol. The molecule has 0 radical (unpaired) electrons. The molecular weight excluding hydrogens is 319 g/mol. The van der Waals surface area contributed by atoms with E-state index in [9.17, 15) is 9.18 Å². The molecule has 1 aromatic heterocycles. The minimum Gasteiger partial charge on any atom is -0.335 e. The van der Waals surface area contributed by atoms with Crippen molar-refractivity contribution >= 4 is 5.91 Å². The van der Waals surface area contributed by atoms with Crippen molar-refractivity contribution in [3.05, 3.63) is 65.1 Å². The molecule has 0 N–H and O–H groups in total. The highest BCUT2D eigenvalue weighted by Gasteiger charge is 2.26. The van der Waals surface area contributed by atoms with Gasteiger partial charge in [-0.1, -0.05) is 23.4 Å². The van der Waals surface area contributed by atoms with Crippen molar-refractivity contribution < 1.29 is 9.18 Å². The van der Waals surface area contributed by atoms with Gasteiger partial charge in [0.25, 0.3) is 5.91 Å². The van der Waals surface area contributed by atoms with Gasteiger partial charge in [0, 0.05) is 24.2 Å². The first-order valence-electron chi connectivity index (χ1n) is 8.20. The molecule has 1 aliphatic heterocycles. The number of hydrogen-bond acceptors (Lipinski definition) is 3. The first-order chi connectivity index (χ1) is 12.1. The van der Waals surface area contributed by atoms with Crippen LogP contribution in [0.1, 0.15) is 28.5 Å². The minimum atomic E-state index is -0.347. The highest BCUT2D eigenvalue weighted by Crippen LogP contribution is 2.29. The topological polar surface area (TPSA) is 51.0 Å². The van der Waals surface area contributed by atoms with Crippen molar-refractivity contribution in [2.75, 3.05) is 6.54 Å². The maximum Gasteiger partial charge on any atom is 0.254 e. The molecule has 2 aromatic carbocycles. The maximum atomic E-state index is 14.0. The molecule has 0 spiro atoms. The molecule has 2 heterocycles. The van der Waals surface area contributed by atoms with E-state index in [1.54, 1.807) is 23.1 Å². The molecular formula is C19H17FN4O. The molecule has 5 nitrogen and oxygen atoms in total. The molecule has 0 saturated heterocycles. The molecule has 1 aliphatic rings. The molecule has 1 amide bonds. The number of benzene rings is 2. The van der Waals surface area contributed by atoms with Crippen molar-refractivity contribution in [2.24, 2.45) is 0 Å². The smallest absolute Gasteiger partial charge is 0.254 e. The Morgan fingerprint density at radius 3 is 2.76 bits per heavy atom. The van der Waals surface area contributed by atoms with Gasteiger partial charge in [-0.3, -0.25) is 4.79 Å². The summed E-state index contributed by atoms with van der Waals surface area (Å²) < 4.78 is 15.5. The highest BCUT2D eigenvalue weighted by molar-refractivity contribution is 5.98. The van der Waals surface area contributed by atoms with Gasteiger partial charge in [-0.15, -0.1) is 5.10 Å². The summed E-state index contributed by atoms with van der Waals surface area (Å²) in [5.74, 6) is -0.282. The quantitative estimate of drug-likeness (QED) is 0.737. The highest BCUT2D eigenvalue weighted by atomic mass is 19.1. The van der Waals surface area contributed by atoms with Crippen molar-refractivity contribution in [3.63, 3.8) is 0 Å². The van der Waals surface area contributed by atoms with Gasteiger partial charge in [0.1, 0.15) is 17.2 Å². The molecule has 25 heavy (non-hydrogen) atoms. The lowest BCUT2D eigenvalue weighted by atomic mass is 10.0. The molecule has 0 unspecified atom stereocenters. The third-order valence-corrected chi connectivity index (χ3v) is 4.61. The Bertz CT molecular complexity index is 979. The molecule has 0 aliphatic carbocycles. The van der Waals surface area contributed by atoms with Crippen molar-refractivity contribution in [2.45, 2.75) is 20.4 Å². The van der Waals surface area contributed by atoms with E-state index >= 15 is 0 Å². The molecule has 6 heteroatoms. The molecule has 0 atom stereocenters. The summed E-state index contributed by atoms with van der Waals surface area (Å²) in [6.07, 6.45) is 0. The fourth-order valence-corrected chi connectivity index (χ4v) is 3.23. The van der Waals surface area contributed by atoms with Crippen LogP contribution in [0.25, 0.3) is 16.9 Å². The van der Waals surface area contributed by atoms with Gasteiger partial charge in [0.2, 0.25) is 0 Å². The Morgan fingerprint density at radius 2 is 2.00 bits per heavy atom. The Morgan fingerprint density at radius 1 is 1.20 bits per heavy atom. The maximum absolute atomic E-state index is 14.0. The van der Waals surface area contributed by atoms with E-state index in [2.05, 4.69) is 10.3 Å². The van der Waals surface area contributed by atoms with E-state index in [4.69, 9.17) is 0 Å². The Balaban J connectivity index is 1.76. The molecule has 0 bridgehead atoms. The van der Waals surface area contributed by atoms with E-state index < -0.39 is 0 Å². The second kappa shape index (κ2) is 5.81. The van der Waals surface area contributed by atoms with Gasteiger partial charge >= 0.3 is 0 Å². The SMILES string of the molecule is CCN1Cc2cc(-c3nnn(-c4ccccc4F)c3C)ccc2C1=O. The van der Waals surface area contributed by atoms with Gasteiger partial charge in [0.15, 0.2) is 0 Å². The predicted molar refractivity (Wildman–Crippen MR) is 91.9 cm³/mol. The monoisotopic (exact) mass is 336 g/mol. The largest absolute Gasteiger partial charge is 0.335 e. The van der Waals surface area contributed by atoms with E-state index in [1.807, 2.05) is 32.0 Å². The van der Waals surface area contributed by atoms with Crippen LogP contribution in [0, 0.1) is 12.7 Å². The van der Waals surface area contributed by atoms with Crippen LogP contribution in [0.2, 0.25) is 0 Å². The van der Waals surface area contributed by atoms with Crippen LogP contribution >= 0.6 is 0 Å². The summed E-state index contributed by atoms with van der Waals surface area (Å²) in [5, 5.41) is 8.35. The third-order valence-electron chi connectivity index (χ3n) is 4.61. The molecule has 0 fully saturated rings. The van der Waals surface area contributed by atoms with Gasteiger partial charge in [-0.2, -0.15) is 0 Å².